The predicted octanol–water partition coefficient (Wildman–Crippen LogP) is 2.04. The molecule has 27 heavy (non-hydrogen) atoms. The van der Waals surface area contributed by atoms with Crippen molar-refractivity contribution in [2.45, 2.75) is 6.04 Å². The quantitative estimate of drug-likeness (QED) is 0.766. The van der Waals surface area contributed by atoms with Gasteiger partial charge in [0.15, 0.2) is 0 Å². The lowest BCUT2D eigenvalue weighted by molar-refractivity contribution is 0.1000. The number of pyridine rings is 1. The summed E-state index contributed by atoms with van der Waals surface area (Å²) in [7, 11) is 0. The average molecular weight is 360 g/mol. The smallest absolute Gasteiger partial charge is 0.248 e. The second-order valence-electron chi connectivity index (χ2n) is 6.41. The van der Waals surface area contributed by atoms with Crippen molar-refractivity contribution in [2.24, 2.45) is 5.73 Å². The molecule has 0 saturated carbocycles. The van der Waals surface area contributed by atoms with Gasteiger partial charge in [-0.3, -0.25) is 14.8 Å². The van der Waals surface area contributed by atoms with Crippen molar-refractivity contribution < 1.29 is 4.79 Å². The first-order valence-electron chi connectivity index (χ1n) is 8.80. The van der Waals surface area contributed by atoms with E-state index in [-0.39, 0.29) is 6.04 Å². The molecule has 4 rings (SSSR count). The second-order valence-corrected chi connectivity index (χ2v) is 6.41. The Bertz CT molecular complexity index is 918. The minimum atomic E-state index is -0.426. The molecule has 0 spiro atoms. The zero-order chi connectivity index (χ0) is 18.6. The van der Waals surface area contributed by atoms with Gasteiger partial charge < -0.3 is 15.5 Å². The standard InChI is InChI=1S/C20H20N6O/c21-20(27)16-3-1-2-15(12-16)18-14-25(17-4-6-22-7-5-17)10-11-26(18)19-13-23-8-9-24-19/h1-9,12-13,18H,10-11,14H2,(H2,21,27). The molecule has 0 bridgehead atoms. The van der Waals surface area contributed by atoms with Gasteiger partial charge in [-0.2, -0.15) is 0 Å². The van der Waals surface area contributed by atoms with Gasteiger partial charge in [-0.25, -0.2) is 4.98 Å². The van der Waals surface area contributed by atoms with Crippen LogP contribution in [0.4, 0.5) is 11.5 Å². The lowest BCUT2D eigenvalue weighted by Crippen LogP contribution is -2.49. The highest BCUT2D eigenvalue weighted by molar-refractivity contribution is 5.92. The first kappa shape index (κ1) is 17.0. The predicted molar refractivity (Wildman–Crippen MR) is 104 cm³/mol. The summed E-state index contributed by atoms with van der Waals surface area (Å²) in [6, 6.07) is 11.5. The van der Waals surface area contributed by atoms with Gasteiger partial charge in [0.05, 0.1) is 12.2 Å². The van der Waals surface area contributed by atoms with Crippen molar-refractivity contribution in [3.8, 4) is 0 Å². The van der Waals surface area contributed by atoms with Crippen molar-refractivity contribution in [3.05, 3.63) is 78.5 Å². The molecule has 1 atom stereocenters. The summed E-state index contributed by atoms with van der Waals surface area (Å²) in [5.74, 6) is 0.394. The first-order chi connectivity index (χ1) is 13.2. The van der Waals surface area contributed by atoms with Crippen molar-refractivity contribution >= 4 is 17.4 Å². The molecule has 2 N–H and O–H groups in total. The third-order valence-electron chi connectivity index (χ3n) is 4.81. The first-order valence-corrected chi connectivity index (χ1v) is 8.80. The molecule has 1 aromatic carbocycles. The van der Waals surface area contributed by atoms with Crippen LogP contribution in [0.3, 0.4) is 0 Å². The molecule has 0 radical (unpaired) electrons. The third kappa shape index (κ3) is 3.57. The molecule has 2 aromatic heterocycles. The summed E-state index contributed by atoms with van der Waals surface area (Å²) in [6.07, 6.45) is 8.73. The van der Waals surface area contributed by atoms with Gasteiger partial charge in [-0.05, 0) is 29.8 Å². The van der Waals surface area contributed by atoms with Gasteiger partial charge in [0.1, 0.15) is 5.82 Å². The van der Waals surface area contributed by atoms with E-state index in [1.165, 1.54) is 0 Å². The van der Waals surface area contributed by atoms with E-state index in [1.54, 1.807) is 37.1 Å². The fourth-order valence-corrected chi connectivity index (χ4v) is 3.47. The van der Waals surface area contributed by atoms with E-state index >= 15 is 0 Å². The zero-order valence-corrected chi connectivity index (χ0v) is 14.8. The number of primary amides is 1. The number of nitrogens with two attached hydrogens (primary N) is 1. The Labute approximate surface area is 157 Å². The van der Waals surface area contributed by atoms with Crippen LogP contribution in [0.1, 0.15) is 22.0 Å². The largest absolute Gasteiger partial charge is 0.367 e. The lowest BCUT2D eigenvalue weighted by Gasteiger charge is -2.43. The Morgan fingerprint density at radius 3 is 2.63 bits per heavy atom. The van der Waals surface area contributed by atoms with Crippen LogP contribution in [-0.2, 0) is 0 Å². The van der Waals surface area contributed by atoms with Crippen LogP contribution >= 0.6 is 0 Å². The van der Waals surface area contributed by atoms with E-state index in [0.717, 1.165) is 36.7 Å². The Morgan fingerprint density at radius 2 is 1.89 bits per heavy atom. The Morgan fingerprint density at radius 1 is 1.04 bits per heavy atom. The van der Waals surface area contributed by atoms with Crippen LogP contribution in [0.5, 0.6) is 0 Å². The maximum absolute atomic E-state index is 11.6. The van der Waals surface area contributed by atoms with E-state index in [0.29, 0.717) is 5.56 Å². The molecule has 1 aliphatic heterocycles. The number of amides is 1. The molecule has 136 valence electrons. The molecule has 7 heteroatoms. The number of anilines is 2. The minimum Gasteiger partial charge on any atom is -0.367 e. The number of hydrogen-bond acceptors (Lipinski definition) is 6. The number of carbonyl (C=O) groups is 1. The number of rotatable bonds is 4. The van der Waals surface area contributed by atoms with Crippen molar-refractivity contribution in [2.75, 3.05) is 29.4 Å². The fourth-order valence-electron chi connectivity index (χ4n) is 3.47. The summed E-state index contributed by atoms with van der Waals surface area (Å²) in [4.78, 5) is 29.0. The van der Waals surface area contributed by atoms with Gasteiger partial charge in [0, 0.05) is 55.7 Å². The Hall–Kier alpha value is -3.48. The van der Waals surface area contributed by atoms with Gasteiger partial charge >= 0.3 is 0 Å². The van der Waals surface area contributed by atoms with Crippen molar-refractivity contribution in [1.29, 1.82) is 0 Å². The molecular weight excluding hydrogens is 340 g/mol. The third-order valence-corrected chi connectivity index (χ3v) is 4.81. The molecule has 1 unspecified atom stereocenters. The lowest BCUT2D eigenvalue weighted by atomic mass is 9.99. The van der Waals surface area contributed by atoms with Crippen LogP contribution in [0, 0.1) is 0 Å². The summed E-state index contributed by atoms with van der Waals surface area (Å²) >= 11 is 0. The van der Waals surface area contributed by atoms with Gasteiger partial charge in [0.2, 0.25) is 5.91 Å². The van der Waals surface area contributed by atoms with Crippen LogP contribution in [0.2, 0.25) is 0 Å². The number of piperazine rings is 1. The van der Waals surface area contributed by atoms with Crippen LogP contribution in [-0.4, -0.2) is 40.5 Å². The molecule has 0 aliphatic carbocycles. The van der Waals surface area contributed by atoms with E-state index in [2.05, 4.69) is 24.8 Å². The zero-order valence-electron chi connectivity index (χ0n) is 14.8. The summed E-state index contributed by atoms with van der Waals surface area (Å²) in [5, 5.41) is 0. The van der Waals surface area contributed by atoms with Crippen LogP contribution < -0.4 is 15.5 Å². The van der Waals surface area contributed by atoms with Crippen LogP contribution in [0.25, 0.3) is 0 Å². The highest BCUT2D eigenvalue weighted by Crippen LogP contribution is 2.31. The molecule has 7 nitrogen and oxygen atoms in total. The summed E-state index contributed by atoms with van der Waals surface area (Å²) in [5.41, 5.74) is 8.14. The molecule has 3 aromatic rings. The van der Waals surface area contributed by atoms with Crippen LogP contribution in [0.15, 0.2) is 67.4 Å². The highest BCUT2D eigenvalue weighted by Gasteiger charge is 2.30. The van der Waals surface area contributed by atoms with Crippen molar-refractivity contribution in [3.63, 3.8) is 0 Å². The van der Waals surface area contributed by atoms with E-state index in [1.807, 2.05) is 30.3 Å². The van der Waals surface area contributed by atoms with E-state index in [4.69, 9.17) is 5.73 Å². The second kappa shape index (κ2) is 7.41. The number of nitrogens with zero attached hydrogens (tertiary/aromatic N) is 5. The maximum atomic E-state index is 11.6. The molecular formula is C20H20N6O. The van der Waals surface area contributed by atoms with Gasteiger partial charge in [-0.15, -0.1) is 0 Å². The van der Waals surface area contributed by atoms with Gasteiger partial charge in [-0.1, -0.05) is 12.1 Å². The molecule has 1 saturated heterocycles. The normalized spacial score (nSPS) is 17.0. The highest BCUT2D eigenvalue weighted by atomic mass is 16.1. The summed E-state index contributed by atoms with van der Waals surface area (Å²) < 4.78 is 0. The number of benzene rings is 1. The number of carbonyl (C=O) groups excluding carboxylic acids is 1. The van der Waals surface area contributed by atoms with E-state index < -0.39 is 5.91 Å². The monoisotopic (exact) mass is 360 g/mol. The Kier molecular flexibility index (Phi) is 4.65. The van der Waals surface area contributed by atoms with Crippen molar-refractivity contribution in [1.82, 2.24) is 15.0 Å². The van der Waals surface area contributed by atoms with E-state index in [9.17, 15) is 4.79 Å². The number of aromatic nitrogens is 3. The average Bonchev–Trinajstić information content (AvgIpc) is 2.74. The molecule has 1 amide bonds. The summed E-state index contributed by atoms with van der Waals surface area (Å²) in [6.45, 7) is 2.39. The minimum absolute atomic E-state index is 0.0166. The molecule has 1 fully saturated rings. The topological polar surface area (TPSA) is 88.2 Å². The Balaban J connectivity index is 1.71. The molecule has 1 aliphatic rings. The number of hydrogen-bond donors (Lipinski definition) is 1. The molecule has 3 heterocycles. The van der Waals surface area contributed by atoms with Gasteiger partial charge in [0.25, 0.3) is 0 Å². The SMILES string of the molecule is NC(=O)c1cccc(C2CN(c3ccncc3)CCN2c2cnccn2)c1. The fraction of sp³-hybridized carbons (Fsp3) is 0.200. The maximum Gasteiger partial charge on any atom is 0.248 e.